The van der Waals surface area contributed by atoms with Gasteiger partial charge < -0.3 is 5.11 Å². The second kappa shape index (κ2) is 2.61. The van der Waals surface area contributed by atoms with Crippen LogP contribution in [-0.2, 0) is 4.79 Å². The lowest BCUT2D eigenvalue weighted by Crippen LogP contribution is -2.00. The van der Waals surface area contributed by atoms with Crippen molar-refractivity contribution in [3.8, 4) is 0 Å². The topological polar surface area (TPSA) is 37.3 Å². The monoisotopic (exact) mass is 100 g/mol. The first-order chi connectivity index (χ1) is 3.13. The van der Waals surface area contributed by atoms with E-state index in [2.05, 4.69) is 6.42 Å². The molecule has 0 aromatic rings. The van der Waals surface area contributed by atoms with Crippen LogP contribution in [-0.4, -0.2) is 11.1 Å². The molecule has 7 heavy (non-hydrogen) atoms. The first-order valence-electron chi connectivity index (χ1n) is 2.12. The largest absolute Gasteiger partial charge is 0.481 e. The Bertz CT molecular complexity index is 66.5. The summed E-state index contributed by atoms with van der Waals surface area (Å²) in [7, 11) is 0. The van der Waals surface area contributed by atoms with Gasteiger partial charge in [-0.25, -0.2) is 0 Å². The number of carboxylic acid groups (broad SMARTS) is 1. The van der Waals surface area contributed by atoms with Crippen LogP contribution in [0.1, 0.15) is 13.8 Å². The van der Waals surface area contributed by atoms with Crippen LogP contribution in [0.3, 0.4) is 0 Å². The van der Waals surface area contributed by atoms with Gasteiger partial charge in [-0.05, 0) is 5.92 Å². The zero-order valence-corrected chi connectivity index (χ0v) is 4.43. The molecule has 40 valence electrons. The van der Waals surface area contributed by atoms with Crippen molar-refractivity contribution in [3.63, 3.8) is 0 Å². The summed E-state index contributed by atoms with van der Waals surface area (Å²) < 4.78 is 0. The number of hydrogen-bond acceptors (Lipinski definition) is 1. The third-order valence-electron chi connectivity index (χ3n) is 0.412. The molecule has 0 aliphatic rings. The highest BCUT2D eigenvalue weighted by atomic mass is 16.4. The minimum Gasteiger partial charge on any atom is -0.481 e. The highest BCUT2D eigenvalue weighted by Crippen LogP contribution is 1.94. The number of rotatable bonds is 2. The van der Waals surface area contributed by atoms with Gasteiger partial charge in [0.2, 0.25) is 0 Å². The van der Waals surface area contributed by atoms with Gasteiger partial charge >= 0.3 is 5.97 Å². The van der Waals surface area contributed by atoms with Gasteiger partial charge in [0.05, 0.1) is 0 Å². The van der Waals surface area contributed by atoms with Crippen molar-refractivity contribution in [2.24, 2.45) is 5.92 Å². The molecule has 0 bridgehead atoms. The number of hydrogen-bond donors (Lipinski definition) is 1. The summed E-state index contributed by atoms with van der Waals surface area (Å²) in [5.74, 6) is -0.938. The van der Waals surface area contributed by atoms with Crippen LogP contribution in [0.15, 0.2) is 0 Å². The molecule has 0 spiro atoms. The smallest absolute Gasteiger partial charge is 0.312 e. The maximum Gasteiger partial charge on any atom is 0.312 e. The van der Waals surface area contributed by atoms with E-state index in [1.165, 1.54) is 0 Å². The molecule has 2 heteroatoms. The van der Waals surface area contributed by atoms with Gasteiger partial charge in [-0.3, -0.25) is 4.79 Å². The number of aliphatic carboxylic acids is 1. The van der Waals surface area contributed by atoms with E-state index in [0.717, 1.165) is 0 Å². The Labute approximate surface area is 43.2 Å². The molecule has 0 aromatic carbocycles. The minimum atomic E-state index is -0.963. The molecule has 0 saturated carbocycles. The van der Waals surface area contributed by atoms with Gasteiger partial charge in [-0.2, -0.15) is 0 Å². The van der Waals surface area contributed by atoms with Crippen LogP contribution >= 0.6 is 0 Å². The van der Waals surface area contributed by atoms with Gasteiger partial charge in [0.25, 0.3) is 0 Å². The van der Waals surface area contributed by atoms with Gasteiger partial charge in [0.1, 0.15) is 6.42 Å². The Balaban J connectivity index is 3.13. The van der Waals surface area contributed by atoms with Crippen LogP contribution in [0.25, 0.3) is 0 Å². The Morgan fingerprint density at radius 2 is 2.14 bits per heavy atom. The molecule has 0 saturated heterocycles. The highest BCUT2D eigenvalue weighted by Gasteiger charge is 2.00. The Hall–Kier alpha value is -0.530. The molecular formula is C5H8O2. The van der Waals surface area contributed by atoms with Crippen LogP contribution in [0.4, 0.5) is 0 Å². The molecule has 0 aromatic heterocycles. The number of carboxylic acids is 1. The van der Waals surface area contributed by atoms with E-state index >= 15 is 0 Å². The lowest BCUT2D eigenvalue weighted by molar-refractivity contribution is -0.133. The molecule has 0 amide bonds. The van der Waals surface area contributed by atoms with Crippen molar-refractivity contribution in [1.29, 1.82) is 0 Å². The lowest BCUT2D eigenvalue weighted by atomic mass is 10.1. The summed E-state index contributed by atoms with van der Waals surface area (Å²) in [5, 5.41) is 7.97. The standard InChI is InChI=1S/C5H8O2/c1-4(2)3-5(6)7/h4H,1-2H3,(H,6,7). The molecule has 0 aliphatic heterocycles. The van der Waals surface area contributed by atoms with Gasteiger partial charge in [-0.15, -0.1) is 0 Å². The van der Waals surface area contributed by atoms with Crippen LogP contribution in [0.2, 0.25) is 0 Å². The van der Waals surface area contributed by atoms with E-state index in [1.807, 2.05) is 0 Å². The maximum atomic E-state index is 9.70. The molecule has 0 unspecified atom stereocenters. The Morgan fingerprint density at radius 3 is 2.14 bits per heavy atom. The second-order valence-corrected chi connectivity index (χ2v) is 1.60. The van der Waals surface area contributed by atoms with Gasteiger partial charge in [0.15, 0.2) is 0 Å². The predicted molar refractivity (Wildman–Crippen MR) is 25.7 cm³/mol. The average Bonchev–Trinajstić information content (AvgIpc) is 1.27. The molecule has 0 heterocycles. The first kappa shape index (κ1) is 6.47. The minimum absolute atomic E-state index is 0.0255. The van der Waals surface area contributed by atoms with Crippen molar-refractivity contribution in [1.82, 2.24) is 0 Å². The quantitative estimate of drug-likeness (QED) is 0.557. The average molecular weight is 100 g/mol. The maximum absolute atomic E-state index is 9.70. The molecule has 2 radical (unpaired) electrons. The zero-order valence-electron chi connectivity index (χ0n) is 4.43. The van der Waals surface area contributed by atoms with E-state index in [1.54, 1.807) is 13.8 Å². The third-order valence-corrected chi connectivity index (χ3v) is 0.412. The van der Waals surface area contributed by atoms with Gasteiger partial charge in [-0.1, -0.05) is 13.8 Å². The summed E-state index contributed by atoms with van der Waals surface area (Å²) in [6.07, 6.45) is 2.22. The second-order valence-electron chi connectivity index (χ2n) is 1.60. The SMILES string of the molecule is CC(C)[C]C(=O)O. The van der Waals surface area contributed by atoms with Crippen molar-refractivity contribution >= 4 is 5.97 Å². The fourth-order valence-corrected chi connectivity index (χ4v) is 0.247. The summed E-state index contributed by atoms with van der Waals surface area (Å²) in [6, 6.07) is 0. The number of carbonyl (C=O) groups is 1. The van der Waals surface area contributed by atoms with E-state index in [4.69, 9.17) is 5.11 Å². The van der Waals surface area contributed by atoms with Crippen molar-refractivity contribution in [2.75, 3.05) is 0 Å². The molecule has 0 rings (SSSR count). The van der Waals surface area contributed by atoms with E-state index in [0.29, 0.717) is 0 Å². The van der Waals surface area contributed by atoms with E-state index < -0.39 is 5.97 Å². The highest BCUT2D eigenvalue weighted by molar-refractivity contribution is 5.76. The molecule has 0 atom stereocenters. The fourth-order valence-electron chi connectivity index (χ4n) is 0.247. The molecular weight excluding hydrogens is 92.1 g/mol. The third kappa shape index (κ3) is 5.47. The van der Waals surface area contributed by atoms with E-state index in [-0.39, 0.29) is 5.92 Å². The Kier molecular flexibility index (Phi) is 2.41. The lowest BCUT2D eigenvalue weighted by Gasteiger charge is -1.92. The zero-order chi connectivity index (χ0) is 5.86. The normalized spacial score (nSPS) is 9.57. The first-order valence-corrected chi connectivity index (χ1v) is 2.12. The molecule has 1 N–H and O–H groups in total. The van der Waals surface area contributed by atoms with Crippen LogP contribution < -0.4 is 0 Å². The predicted octanol–water partition coefficient (Wildman–Crippen LogP) is 0.808. The fraction of sp³-hybridized carbons (Fsp3) is 0.600. The van der Waals surface area contributed by atoms with Crippen LogP contribution in [0.5, 0.6) is 0 Å². The molecule has 0 fully saturated rings. The van der Waals surface area contributed by atoms with Crippen LogP contribution in [0, 0.1) is 12.3 Å². The van der Waals surface area contributed by atoms with Crippen molar-refractivity contribution in [3.05, 3.63) is 6.42 Å². The van der Waals surface area contributed by atoms with Gasteiger partial charge in [0, 0.05) is 0 Å². The molecule has 2 nitrogen and oxygen atoms in total. The summed E-state index contributed by atoms with van der Waals surface area (Å²) in [6.45, 7) is 3.54. The molecule has 0 aliphatic carbocycles. The summed E-state index contributed by atoms with van der Waals surface area (Å²) in [5.41, 5.74) is 0. The summed E-state index contributed by atoms with van der Waals surface area (Å²) >= 11 is 0. The Morgan fingerprint density at radius 1 is 1.71 bits per heavy atom. The van der Waals surface area contributed by atoms with Crippen molar-refractivity contribution in [2.45, 2.75) is 13.8 Å². The van der Waals surface area contributed by atoms with Crippen molar-refractivity contribution < 1.29 is 9.90 Å². The summed E-state index contributed by atoms with van der Waals surface area (Å²) in [4.78, 5) is 9.70. The van der Waals surface area contributed by atoms with E-state index in [9.17, 15) is 4.79 Å².